The van der Waals surface area contributed by atoms with Crippen molar-refractivity contribution in [2.45, 2.75) is 26.3 Å². The first-order valence-electron chi connectivity index (χ1n) is 7.17. The van der Waals surface area contributed by atoms with Gasteiger partial charge >= 0.3 is 0 Å². The fourth-order valence-electron chi connectivity index (χ4n) is 2.48. The molecule has 0 aromatic heterocycles. The van der Waals surface area contributed by atoms with E-state index in [2.05, 4.69) is 4.99 Å². The van der Waals surface area contributed by atoms with Crippen LogP contribution in [0.4, 0.5) is 0 Å². The minimum Gasteiger partial charge on any atom is -0.338 e. The molecule has 1 saturated heterocycles. The smallest absolute Gasteiger partial charge is 0.233 e. The highest BCUT2D eigenvalue weighted by atomic mass is 32.2. The molecular weight excluding hydrogens is 328 g/mol. The number of amides is 1. The lowest BCUT2D eigenvalue weighted by atomic mass is 10.1. The van der Waals surface area contributed by atoms with Gasteiger partial charge in [-0.25, -0.2) is 8.42 Å². The molecule has 5 nitrogen and oxygen atoms in total. The summed E-state index contributed by atoms with van der Waals surface area (Å²) in [4.78, 5) is 18.6. The third kappa shape index (κ3) is 5.17. The molecule has 0 unspecified atom stereocenters. The third-order valence-corrected chi connectivity index (χ3v) is 7.40. The van der Waals surface area contributed by atoms with Crippen LogP contribution in [-0.4, -0.2) is 65.7 Å². The quantitative estimate of drug-likeness (QED) is 0.752. The number of nitrogens with zero attached hydrogens (tertiary/aromatic N) is 2. The third-order valence-electron chi connectivity index (χ3n) is 3.41. The van der Waals surface area contributed by atoms with Gasteiger partial charge in [-0.2, -0.15) is 0 Å². The fourth-order valence-corrected chi connectivity index (χ4v) is 6.10. The molecule has 1 atom stereocenters. The van der Waals surface area contributed by atoms with E-state index in [9.17, 15) is 13.2 Å². The van der Waals surface area contributed by atoms with Crippen molar-refractivity contribution in [2.24, 2.45) is 10.9 Å². The van der Waals surface area contributed by atoms with Crippen molar-refractivity contribution >= 4 is 43.6 Å². The van der Waals surface area contributed by atoms with E-state index in [4.69, 9.17) is 0 Å². The van der Waals surface area contributed by atoms with E-state index in [0.717, 1.165) is 16.7 Å². The summed E-state index contributed by atoms with van der Waals surface area (Å²) in [5.41, 5.74) is 0. The number of thioether (sulfide) groups is 2. The van der Waals surface area contributed by atoms with Crippen molar-refractivity contribution < 1.29 is 13.2 Å². The molecule has 2 heterocycles. The molecule has 0 radical (unpaired) electrons. The molecular formula is C13H22N2O3S3. The Kier molecular flexibility index (Phi) is 6.02. The van der Waals surface area contributed by atoms with Crippen molar-refractivity contribution in [3.05, 3.63) is 0 Å². The molecule has 0 spiro atoms. The van der Waals surface area contributed by atoms with E-state index >= 15 is 0 Å². The van der Waals surface area contributed by atoms with Gasteiger partial charge in [0.1, 0.15) is 4.38 Å². The van der Waals surface area contributed by atoms with E-state index in [1.807, 2.05) is 13.8 Å². The monoisotopic (exact) mass is 350 g/mol. The molecule has 2 aliphatic rings. The zero-order valence-electron chi connectivity index (χ0n) is 12.4. The van der Waals surface area contributed by atoms with E-state index in [0.29, 0.717) is 24.6 Å². The summed E-state index contributed by atoms with van der Waals surface area (Å²) < 4.78 is 24.3. The number of rotatable bonds is 5. The highest BCUT2D eigenvalue weighted by molar-refractivity contribution is 8.39. The molecule has 1 fully saturated rings. The molecule has 0 aromatic carbocycles. The molecule has 0 bridgehead atoms. The molecule has 1 amide bonds. The molecule has 2 aliphatic heterocycles. The Morgan fingerprint density at radius 3 is 2.81 bits per heavy atom. The summed E-state index contributed by atoms with van der Waals surface area (Å²) >= 11 is 3.17. The lowest BCUT2D eigenvalue weighted by Crippen LogP contribution is -2.44. The Bertz CT molecular complexity index is 517. The lowest BCUT2D eigenvalue weighted by Gasteiger charge is -2.29. The van der Waals surface area contributed by atoms with E-state index in [1.54, 1.807) is 16.7 Å². The van der Waals surface area contributed by atoms with Crippen LogP contribution in [0.3, 0.4) is 0 Å². The number of sulfone groups is 1. The molecule has 2 rings (SSSR count). The van der Waals surface area contributed by atoms with E-state index in [-0.39, 0.29) is 23.5 Å². The van der Waals surface area contributed by atoms with Gasteiger partial charge in [-0.15, -0.1) is 0 Å². The second kappa shape index (κ2) is 7.37. The number of carbonyl (C=O) groups is 1. The van der Waals surface area contributed by atoms with Gasteiger partial charge in [0.05, 0.1) is 23.8 Å². The van der Waals surface area contributed by atoms with Crippen LogP contribution in [0.25, 0.3) is 0 Å². The summed E-state index contributed by atoms with van der Waals surface area (Å²) in [5.74, 6) is 2.04. The van der Waals surface area contributed by atoms with E-state index in [1.165, 1.54) is 11.8 Å². The Morgan fingerprint density at radius 1 is 1.52 bits per heavy atom. The normalized spacial score (nSPS) is 24.3. The Hall–Kier alpha value is -0.210. The summed E-state index contributed by atoms with van der Waals surface area (Å²) in [6.45, 7) is 5.55. The van der Waals surface area contributed by atoms with Crippen LogP contribution in [0.5, 0.6) is 0 Å². The van der Waals surface area contributed by atoms with Gasteiger partial charge in [-0.05, 0) is 12.3 Å². The van der Waals surface area contributed by atoms with Crippen LogP contribution in [0, 0.1) is 5.92 Å². The van der Waals surface area contributed by atoms with E-state index < -0.39 is 9.84 Å². The molecule has 0 aromatic rings. The Balaban J connectivity index is 1.96. The van der Waals surface area contributed by atoms with Gasteiger partial charge in [0.15, 0.2) is 9.84 Å². The van der Waals surface area contributed by atoms with Gasteiger partial charge in [-0.3, -0.25) is 9.79 Å². The lowest BCUT2D eigenvalue weighted by molar-refractivity contribution is -0.130. The van der Waals surface area contributed by atoms with Crippen LogP contribution in [0.1, 0.15) is 20.3 Å². The van der Waals surface area contributed by atoms with Crippen LogP contribution >= 0.6 is 23.5 Å². The molecule has 120 valence electrons. The first kappa shape index (κ1) is 17.1. The molecule has 0 N–H and O–H groups in total. The number of hydrogen-bond donors (Lipinski definition) is 0. The first-order valence-corrected chi connectivity index (χ1v) is 11.0. The summed E-state index contributed by atoms with van der Waals surface area (Å²) in [7, 11) is -2.97. The predicted molar refractivity (Wildman–Crippen MR) is 90.8 cm³/mol. The fraction of sp³-hybridized carbons (Fsp3) is 0.846. The van der Waals surface area contributed by atoms with Crippen molar-refractivity contribution in [1.82, 2.24) is 4.90 Å². The van der Waals surface area contributed by atoms with Crippen molar-refractivity contribution in [3.63, 3.8) is 0 Å². The van der Waals surface area contributed by atoms with Crippen LogP contribution in [-0.2, 0) is 14.6 Å². The number of hydrogen-bond acceptors (Lipinski definition) is 6. The van der Waals surface area contributed by atoms with Gasteiger partial charge in [0.25, 0.3) is 0 Å². The largest absolute Gasteiger partial charge is 0.338 e. The minimum atomic E-state index is -2.97. The van der Waals surface area contributed by atoms with Gasteiger partial charge in [0.2, 0.25) is 5.91 Å². The SMILES string of the molecule is CC(C)CN(C(=O)CSC1=NCCS1)[C@@H]1CCS(=O)(=O)C1. The molecule has 0 aliphatic carbocycles. The second-order valence-electron chi connectivity index (χ2n) is 5.78. The van der Waals surface area contributed by atoms with Gasteiger partial charge in [0, 0.05) is 18.3 Å². The van der Waals surface area contributed by atoms with Crippen LogP contribution < -0.4 is 0 Å². The highest BCUT2D eigenvalue weighted by Gasteiger charge is 2.34. The molecule has 21 heavy (non-hydrogen) atoms. The van der Waals surface area contributed by atoms with Gasteiger partial charge in [-0.1, -0.05) is 37.4 Å². The minimum absolute atomic E-state index is 0.0333. The zero-order chi connectivity index (χ0) is 15.5. The average Bonchev–Trinajstić information content (AvgIpc) is 3.02. The maximum atomic E-state index is 12.5. The Morgan fingerprint density at radius 2 is 2.29 bits per heavy atom. The maximum absolute atomic E-state index is 12.5. The van der Waals surface area contributed by atoms with Crippen LogP contribution in [0.15, 0.2) is 4.99 Å². The Labute approximate surface area is 135 Å². The number of aliphatic imine (C=N–C) groups is 1. The highest BCUT2D eigenvalue weighted by Crippen LogP contribution is 2.24. The maximum Gasteiger partial charge on any atom is 0.233 e. The number of carbonyl (C=O) groups excluding carboxylic acids is 1. The molecule has 8 heteroatoms. The summed E-state index contributed by atoms with van der Waals surface area (Å²) in [6, 6.07) is -0.149. The average molecular weight is 351 g/mol. The predicted octanol–water partition coefficient (Wildman–Crippen LogP) is 1.49. The van der Waals surface area contributed by atoms with Crippen molar-refractivity contribution in [3.8, 4) is 0 Å². The van der Waals surface area contributed by atoms with Crippen molar-refractivity contribution in [1.29, 1.82) is 0 Å². The topological polar surface area (TPSA) is 66.8 Å². The standard InChI is InChI=1S/C13H22N2O3S3/c1-10(2)7-15(11-3-6-21(17,18)9-11)12(16)8-20-13-14-4-5-19-13/h10-11H,3-9H2,1-2H3/t11-/m1/s1. The van der Waals surface area contributed by atoms with Crippen molar-refractivity contribution in [2.75, 3.05) is 36.1 Å². The second-order valence-corrected chi connectivity index (χ2v) is 10.3. The summed E-state index contributed by atoms with van der Waals surface area (Å²) in [5, 5.41) is 0. The van der Waals surface area contributed by atoms with Gasteiger partial charge < -0.3 is 4.90 Å². The first-order chi connectivity index (χ1) is 9.87. The van der Waals surface area contributed by atoms with Crippen LogP contribution in [0.2, 0.25) is 0 Å². The zero-order valence-corrected chi connectivity index (χ0v) is 14.9. The molecule has 0 saturated carbocycles. The summed E-state index contributed by atoms with van der Waals surface area (Å²) in [6.07, 6.45) is 0.571.